The molecule has 7 heteroatoms. The van der Waals surface area contributed by atoms with E-state index in [1.165, 1.54) is 12.1 Å². The average molecular weight is 331 g/mol. The van der Waals surface area contributed by atoms with E-state index >= 15 is 0 Å². The van der Waals surface area contributed by atoms with Gasteiger partial charge < -0.3 is 5.32 Å². The Kier molecular flexibility index (Phi) is 4.31. The second-order valence-corrected chi connectivity index (χ2v) is 4.91. The molecule has 108 valence electrons. The van der Waals surface area contributed by atoms with Gasteiger partial charge in [0.05, 0.1) is 32.9 Å². The van der Waals surface area contributed by atoms with Crippen molar-refractivity contribution >= 4 is 34.6 Å². The SMILES string of the molecule is N#Cc1ccc(Nc2c(Cl)cccc2Cl)cc1C(F)(F)F. The molecular weight excluding hydrogens is 324 g/mol. The molecule has 2 rings (SSSR count). The van der Waals surface area contributed by atoms with Crippen LogP contribution in [0.5, 0.6) is 0 Å². The van der Waals surface area contributed by atoms with E-state index in [9.17, 15) is 13.2 Å². The van der Waals surface area contributed by atoms with Crippen molar-refractivity contribution in [2.24, 2.45) is 0 Å². The largest absolute Gasteiger partial charge is 0.417 e. The number of benzene rings is 2. The summed E-state index contributed by atoms with van der Waals surface area (Å²) in [7, 11) is 0. The van der Waals surface area contributed by atoms with Crippen LogP contribution in [0.3, 0.4) is 0 Å². The zero-order valence-corrected chi connectivity index (χ0v) is 11.8. The molecule has 0 heterocycles. The van der Waals surface area contributed by atoms with Crippen LogP contribution in [0.4, 0.5) is 24.5 Å². The second kappa shape index (κ2) is 5.84. The molecule has 1 N–H and O–H groups in total. The van der Waals surface area contributed by atoms with Crippen LogP contribution < -0.4 is 5.32 Å². The van der Waals surface area contributed by atoms with E-state index in [-0.39, 0.29) is 15.7 Å². The highest BCUT2D eigenvalue weighted by Gasteiger charge is 2.33. The molecule has 0 fully saturated rings. The predicted molar refractivity (Wildman–Crippen MR) is 75.9 cm³/mol. The number of hydrogen-bond acceptors (Lipinski definition) is 2. The molecule has 2 aromatic rings. The molecule has 0 unspecified atom stereocenters. The molecule has 0 bridgehead atoms. The summed E-state index contributed by atoms with van der Waals surface area (Å²) < 4.78 is 38.6. The van der Waals surface area contributed by atoms with Crippen molar-refractivity contribution in [1.29, 1.82) is 5.26 Å². The van der Waals surface area contributed by atoms with Gasteiger partial charge in [-0.25, -0.2) is 0 Å². The number of alkyl halides is 3. The molecule has 0 aromatic heterocycles. The maximum absolute atomic E-state index is 12.9. The van der Waals surface area contributed by atoms with Crippen molar-refractivity contribution in [1.82, 2.24) is 0 Å². The highest BCUT2D eigenvalue weighted by molar-refractivity contribution is 6.39. The number of nitriles is 1. The van der Waals surface area contributed by atoms with Crippen LogP contribution in [0.1, 0.15) is 11.1 Å². The highest BCUT2D eigenvalue weighted by Crippen LogP contribution is 2.36. The van der Waals surface area contributed by atoms with Gasteiger partial charge in [-0.15, -0.1) is 0 Å². The Balaban J connectivity index is 2.45. The summed E-state index contributed by atoms with van der Waals surface area (Å²) in [5, 5.41) is 12.0. The van der Waals surface area contributed by atoms with Crippen LogP contribution >= 0.6 is 23.2 Å². The summed E-state index contributed by atoms with van der Waals surface area (Å²) in [5.41, 5.74) is -1.02. The van der Waals surface area contributed by atoms with Crippen molar-refractivity contribution in [3.8, 4) is 6.07 Å². The monoisotopic (exact) mass is 330 g/mol. The third kappa shape index (κ3) is 3.41. The number of anilines is 2. The van der Waals surface area contributed by atoms with Crippen LogP contribution in [0.25, 0.3) is 0 Å². The molecule has 0 saturated carbocycles. The predicted octanol–water partition coefficient (Wildman–Crippen LogP) is 5.63. The topological polar surface area (TPSA) is 35.8 Å². The molecule has 0 atom stereocenters. The smallest absolute Gasteiger partial charge is 0.353 e. The fourth-order valence-electron chi connectivity index (χ4n) is 1.72. The molecule has 0 saturated heterocycles. The van der Waals surface area contributed by atoms with E-state index in [2.05, 4.69) is 5.32 Å². The third-order valence-corrected chi connectivity index (χ3v) is 3.31. The first kappa shape index (κ1) is 15.5. The standard InChI is InChI=1S/C14H7Cl2F3N2/c15-11-2-1-3-12(16)13(11)21-9-5-4-8(7-20)10(6-9)14(17,18)19/h1-6,21H. The van der Waals surface area contributed by atoms with Crippen molar-refractivity contribution in [2.75, 3.05) is 5.32 Å². The number of nitrogens with one attached hydrogen (secondary N) is 1. The van der Waals surface area contributed by atoms with Gasteiger partial charge in [-0.2, -0.15) is 18.4 Å². The highest BCUT2D eigenvalue weighted by atomic mass is 35.5. The van der Waals surface area contributed by atoms with Gasteiger partial charge in [0.25, 0.3) is 0 Å². The number of nitrogens with zero attached hydrogens (tertiary/aromatic N) is 1. The maximum atomic E-state index is 12.9. The van der Waals surface area contributed by atoms with Gasteiger partial charge in [0.15, 0.2) is 0 Å². The van der Waals surface area contributed by atoms with Crippen LogP contribution in [0.15, 0.2) is 36.4 Å². The van der Waals surface area contributed by atoms with Gasteiger partial charge in [0, 0.05) is 5.69 Å². The van der Waals surface area contributed by atoms with Gasteiger partial charge in [0.1, 0.15) is 0 Å². The molecule has 0 radical (unpaired) electrons. The summed E-state index contributed by atoms with van der Waals surface area (Å²) in [6.45, 7) is 0. The summed E-state index contributed by atoms with van der Waals surface area (Å²) >= 11 is 11.9. The minimum atomic E-state index is -4.62. The zero-order valence-electron chi connectivity index (χ0n) is 10.3. The Morgan fingerprint density at radius 2 is 1.67 bits per heavy atom. The van der Waals surface area contributed by atoms with E-state index in [4.69, 9.17) is 28.5 Å². The first-order valence-corrected chi connectivity index (χ1v) is 6.41. The lowest BCUT2D eigenvalue weighted by Crippen LogP contribution is -2.08. The van der Waals surface area contributed by atoms with Crippen LogP contribution in [-0.2, 0) is 6.18 Å². The van der Waals surface area contributed by atoms with Crippen LogP contribution in [0.2, 0.25) is 10.0 Å². The number of halogens is 5. The number of hydrogen-bond donors (Lipinski definition) is 1. The summed E-state index contributed by atoms with van der Waals surface area (Å²) in [4.78, 5) is 0. The Morgan fingerprint density at radius 3 is 2.19 bits per heavy atom. The zero-order chi connectivity index (χ0) is 15.6. The first-order valence-electron chi connectivity index (χ1n) is 5.65. The van der Waals surface area contributed by atoms with Gasteiger partial charge >= 0.3 is 6.18 Å². The van der Waals surface area contributed by atoms with Crippen molar-refractivity contribution < 1.29 is 13.2 Å². The lowest BCUT2D eigenvalue weighted by atomic mass is 10.1. The normalized spacial score (nSPS) is 11.0. The van der Waals surface area contributed by atoms with Gasteiger partial charge in [-0.05, 0) is 30.3 Å². The molecule has 0 aliphatic rings. The van der Waals surface area contributed by atoms with E-state index in [0.29, 0.717) is 5.69 Å². The third-order valence-electron chi connectivity index (χ3n) is 2.68. The lowest BCUT2D eigenvalue weighted by Gasteiger charge is -2.14. The van der Waals surface area contributed by atoms with E-state index in [0.717, 1.165) is 12.1 Å². The molecule has 2 nitrogen and oxygen atoms in total. The van der Waals surface area contributed by atoms with Crippen molar-refractivity contribution in [3.63, 3.8) is 0 Å². The minimum absolute atomic E-state index is 0.135. The molecule has 0 aliphatic carbocycles. The number of rotatable bonds is 2. The van der Waals surface area contributed by atoms with E-state index in [1.807, 2.05) is 0 Å². The Morgan fingerprint density at radius 1 is 1.05 bits per heavy atom. The summed E-state index contributed by atoms with van der Waals surface area (Å²) in [6.07, 6.45) is -4.62. The molecular formula is C14H7Cl2F3N2. The Hall–Kier alpha value is -1.90. The van der Waals surface area contributed by atoms with Crippen LogP contribution in [-0.4, -0.2) is 0 Å². The average Bonchev–Trinajstić information content (AvgIpc) is 2.42. The molecule has 21 heavy (non-hydrogen) atoms. The van der Waals surface area contributed by atoms with E-state index < -0.39 is 17.3 Å². The summed E-state index contributed by atoms with van der Waals surface area (Å²) in [6, 6.07) is 9.55. The maximum Gasteiger partial charge on any atom is 0.417 e. The Labute approximate surface area is 128 Å². The quantitative estimate of drug-likeness (QED) is 0.774. The van der Waals surface area contributed by atoms with Gasteiger partial charge in [0.2, 0.25) is 0 Å². The van der Waals surface area contributed by atoms with Gasteiger partial charge in [-0.1, -0.05) is 29.3 Å². The minimum Gasteiger partial charge on any atom is -0.353 e. The molecule has 0 aliphatic heterocycles. The molecule has 2 aromatic carbocycles. The lowest BCUT2D eigenvalue weighted by molar-refractivity contribution is -0.137. The summed E-state index contributed by atoms with van der Waals surface area (Å²) in [5.74, 6) is 0. The van der Waals surface area contributed by atoms with Crippen molar-refractivity contribution in [3.05, 3.63) is 57.6 Å². The number of para-hydroxylation sites is 1. The molecule has 0 amide bonds. The molecule has 0 spiro atoms. The first-order chi connectivity index (χ1) is 9.82. The van der Waals surface area contributed by atoms with Crippen molar-refractivity contribution in [2.45, 2.75) is 6.18 Å². The van der Waals surface area contributed by atoms with E-state index in [1.54, 1.807) is 18.2 Å². The second-order valence-electron chi connectivity index (χ2n) is 4.09. The fourth-order valence-corrected chi connectivity index (χ4v) is 2.21. The van der Waals surface area contributed by atoms with Gasteiger partial charge in [-0.3, -0.25) is 0 Å². The van der Waals surface area contributed by atoms with Crippen LogP contribution in [0, 0.1) is 11.3 Å². The fraction of sp³-hybridized carbons (Fsp3) is 0.0714. The Bertz CT molecular complexity index is 701.